The lowest BCUT2D eigenvalue weighted by Crippen LogP contribution is -2.28. The average molecular weight is 292 g/mol. The number of nitriles is 1. The van der Waals surface area contributed by atoms with Crippen molar-refractivity contribution in [1.82, 2.24) is 0 Å². The Morgan fingerprint density at radius 1 is 1.18 bits per heavy atom. The summed E-state index contributed by atoms with van der Waals surface area (Å²) in [6.45, 7) is 0. The van der Waals surface area contributed by atoms with Crippen molar-refractivity contribution in [2.24, 2.45) is 0 Å². The summed E-state index contributed by atoms with van der Waals surface area (Å²) in [6.07, 6.45) is 1.64. The maximum atomic E-state index is 12.7. The van der Waals surface area contributed by atoms with Gasteiger partial charge in [-0.25, -0.2) is 0 Å². The number of benzene rings is 2. The summed E-state index contributed by atoms with van der Waals surface area (Å²) < 4.78 is 5.15. The summed E-state index contributed by atoms with van der Waals surface area (Å²) in [6, 6.07) is 16.7. The van der Waals surface area contributed by atoms with E-state index in [9.17, 15) is 4.79 Å². The fourth-order valence-corrected chi connectivity index (χ4v) is 2.61. The Labute approximate surface area is 129 Å². The number of anilines is 1. The van der Waals surface area contributed by atoms with Gasteiger partial charge in [-0.2, -0.15) is 5.26 Å². The SMILES string of the molecule is COc1ccc(C2(C(=O)Nc3ccccc3C#N)CC2)cc1. The molecule has 0 saturated heterocycles. The van der Waals surface area contributed by atoms with Gasteiger partial charge in [0.15, 0.2) is 0 Å². The van der Waals surface area contributed by atoms with E-state index in [1.807, 2.05) is 30.3 Å². The maximum Gasteiger partial charge on any atom is 0.235 e. The standard InChI is InChI=1S/C18H16N2O2/c1-22-15-8-6-14(7-9-15)18(10-11-18)17(21)20-16-5-3-2-4-13(16)12-19/h2-9H,10-11H2,1H3,(H,20,21). The molecule has 0 unspecified atom stereocenters. The number of hydrogen-bond acceptors (Lipinski definition) is 3. The van der Waals surface area contributed by atoms with Gasteiger partial charge >= 0.3 is 0 Å². The van der Waals surface area contributed by atoms with Crippen LogP contribution >= 0.6 is 0 Å². The molecule has 1 aliphatic rings. The van der Waals surface area contributed by atoms with Gasteiger partial charge in [0.25, 0.3) is 0 Å². The maximum absolute atomic E-state index is 12.7. The summed E-state index contributed by atoms with van der Waals surface area (Å²) in [5, 5.41) is 12.0. The largest absolute Gasteiger partial charge is 0.497 e. The van der Waals surface area contributed by atoms with Crippen LogP contribution in [-0.4, -0.2) is 13.0 Å². The van der Waals surface area contributed by atoms with Gasteiger partial charge in [0, 0.05) is 0 Å². The first-order valence-corrected chi connectivity index (χ1v) is 7.15. The van der Waals surface area contributed by atoms with Crippen LogP contribution in [0.2, 0.25) is 0 Å². The van der Waals surface area contributed by atoms with Crippen LogP contribution in [0.25, 0.3) is 0 Å². The third-order valence-corrected chi connectivity index (χ3v) is 4.12. The van der Waals surface area contributed by atoms with Crippen LogP contribution in [0, 0.1) is 11.3 Å². The van der Waals surface area contributed by atoms with Crippen LogP contribution in [0.4, 0.5) is 5.69 Å². The minimum atomic E-state index is -0.477. The Bertz CT molecular complexity index is 740. The van der Waals surface area contributed by atoms with Gasteiger partial charge in [0.05, 0.1) is 23.8 Å². The highest BCUT2D eigenvalue weighted by Crippen LogP contribution is 2.49. The van der Waals surface area contributed by atoms with Gasteiger partial charge in [-0.05, 0) is 42.7 Å². The summed E-state index contributed by atoms with van der Waals surface area (Å²) >= 11 is 0. The Morgan fingerprint density at radius 3 is 2.45 bits per heavy atom. The fourth-order valence-electron chi connectivity index (χ4n) is 2.61. The monoisotopic (exact) mass is 292 g/mol. The lowest BCUT2D eigenvalue weighted by atomic mass is 9.94. The van der Waals surface area contributed by atoms with Gasteiger partial charge in [0.1, 0.15) is 11.8 Å². The molecule has 0 aliphatic heterocycles. The van der Waals surface area contributed by atoms with Crippen LogP contribution in [0.15, 0.2) is 48.5 Å². The minimum absolute atomic E-state index is 0.0552. The Balaban J connectivity index is 1.83. The highest BCUT2D eigenvalue weighted by Gasteiger charge is 2.51. The van der Waals surface area contributed by atoms with Crippen molar-refractivity contribution in [3.8, 4) is 11.8 Å². The van der Waals surface area contributed by atoms with Crippen LogP contribution in [0.3, 0.4) is 0 Å². The second-order valence-electron chi connectivity index (χ2n) is 5.42. The molecule has 0 bridgehead atoms. The third-order valence-electron chi connectivity index (χ3n) is 4.12. The molecule has 0 atom stereocenters. The number of amides is 1. The van der Waals surface area contributed by atoms with E-state index in [0.29, 0.717) is 11.3 Å². The Hall–Kier alpha value is -2.80. The van der Waals surface area contributed by atoms with Crippen molar-refractivity contribution in [3.05, 3.63) is 59.7 Å². The molecule has 1 fully saturated rings. The zero-order valence-electron chi connectivity index (χ0n) is 12.3. The van der Waals surface area contributed by atoms with E-state index in [0.717, 1.165) is 24.2 Å². The van der Waals surface area contributed by atoms with Crippen LogP contribution in [0.1, 0.15) is 24.0 Å². The van der Waals surface area contributed by atoms with Gasteiger partial charge in [0.2, 0.25) is 5.91 Å². The number of carbonyl (C=O) groups is 1. The molecule has 0 aromatic heterocycles. The predicted octanol–water partition coefficient (Wildman–Crippen LogP) is 3.24. The van der Waals surface area contributed by atoms with Crippen molar-refractivity contribution < 1.29 is 9.53 Å². The zero-order valence-corrected chi connectivity index (χ0v) is 12.3. The first-order chi connectivity index (χ1) is 10.7. The van der Waals surface area contributed by atoms with E-state index >= 15 is 0 Å². The Kier molecular flexibility index (Phi) is 3.56. The Morgan fingerprint density at radius 2 is 1.86 bits per heavy atom. The highest BCUT2D eigenvalue weighted by molar-refractivity contribution is 6.02. The quantitative estimate of drug-likeness (QED) is 0.941. The molecule has 1 amide bonds. The molecule has 2 aromatic rings. The molecular formula is C18H16N2O2. The fraction of sp³-hybridized carbons (Fsp3) is 0.222. The molecule has 1 N–H and O–H groups in total. The molecule has 1 saturated carbocycles. The van der Waals surface area contributed by atoms with E-state index in [4.69, 9.17) is 10.00 Å². The van der Waals surface area contributed by atoms with Crippen LogP contribution in [0.5, 0.6) is 5.75 Å². The molecule has 0 radical (unpaired) electrons. The molecule has 110 valence electrons. The molecule has 22 heavy (non-hydrogen) atoms. The van der Waals surface area contributed by atoms with Gasteiger partial charge in [-0.3, -0.25) is 4.79 Å². The van der Waals surface area contributed by atoms with Crippen LogP contribution in [-0.2, 0) is 10.2 Å². The number of carbonyl (C=O) groups excluding carboxylic acids is 1. The zero-order chi connectivity index (χ0) is 15.6. The molecule has 4 heteroatoms. The number of rotatable bonds is 4. The number of ether oxygens (including phenoxy) is 1. The first kappa shape index (κ1) is 14.2. The van der Waals surface area contributed by atoms with Crippen molar-refractivity contribution in [2.45, 2.75) is 18.3 Å². The normalized spacial score (nSPS) is 14.7. The first-order valence-electron chi connectivity index (χ1n) is 7.15. The smallest absolute Gasteiger partial charge is 0.235 e. The van der Waals surface area contributed by atoms with Crippen LogP contribution < -0.4 is 10.1 Å². The molecule has 0 spiro atoms. The van der Waals surface area contributed by atoms with E-state index < -0.39 is 5.41 Å². The number of hydrogen-bond donors (Lipinski definition) is 1. The molecule has 0 heterocycles. The second kappa shape index (κ2) is 5.53. The van der Waals surface area contributed by atoms with Crippen molar-refractivity contribution in [2.75, 3.05) is 12.4 Å². The van der Waals surface area contributed by atoms with E-state index in [1.54, 1.807) is 25.3 Å². The summed E-state index contributed by atoms with van der Waals surface area (Å²) in [5.74, 6) is 0.718. The van der Waals surface area contributed by atoms with Crippen molar-refractivity contribution in [3.63, 3.8) is 0 Å². The predicted molar refractivity (Wildman–Crippen MR) is 83.7 cm³/mol. The van der Waals surface area contributed by atoms with E-state index in [-0.39, 0.29) is 5.91 Å². The number of para-hydroxylation sites is 1. The van der Waals surface area contributed by atoms with Gasteiger partial charge < -0.3 is 10.1 Å². The molecule has 2 aromatic carbocycles. The summed E-state index contributed by atoms with van der Waals surface area (Å²) in [5.41, 5.74) is 1.55. The summed E-state index contributed by atoms with van der Waals surface area (Å²) in [4.78, 5) is 12.7. The summed E-state index contributed by atoms with van der Waals surface area (Å²) in [7, 11) is 1.62. The molecule has 3 rings (SSSR count). The molecule has 4 nitrogen and oxygen atoms in total. The lowest BCUT2D eigenvalue weighted by molar-refractivity contribution is -0.118. The number of methoxy groups -OCH3 is 1. The van der Waals surface area contributed by atoms with E-state index in [1.165, 1.54) is 0 Å². The van der Waals surface area contributed by atoms with E-state index in [2.05, 4.69) is 11.4 Å². The number of nitrogens with one attached hydrogen (secondary N) is 1. The molecule has 1 aliphatic carbocycles. The lowest BCUT2D eigenvalue weighted by Gasteiger charge is -2.16. The third kappa shape index (κ3) is 2.42. The average Bonchev–Trinajstić information content (AvgIpc) is 3.37. The molecular weight excluding hydrogens is 276 g/mol. The second-order valence-corrected chi connectivity index (χ2v) is 5.42. The van der Waals surface area contributed by atoms with Gasteiger partial charge in [-0.1, -0.05) is 24.3 Å². The topological polar surface area (TPSA) is 62.1 Å². The minimum Gasteiger partial charge on any atom is -0.497 e. The van der Waals surface area contributed by atoms with Gasteiger partial charge in [-0.15, -0.1) is 0 Å². The van der Waals surface area contributed by atoms with Crippen molar-refractivity contribution in [1.29, 1.82) is 5.26 Å². The van der Waals surface area contributed by atoms with Crippen molar-refractivity contribution >= 4 is 11.6 Å². The number of nitrogens with zero attached hydrogens (tertiary/aromatic N) is 1. The highest BCUT2D eigenvalue weighted by atomic mass is 16.5.